The highest BCUT2D eigenvalue weighted by molar-refractivity contribution is 7.13. The lowest BCUT2D eigenvalue weighted by Gasteiger charge is -2.34. The Morgan fingerprint density at radius 1 is 1.38 bits per heavy atom. The Hall–Kier alpha value is -1.35. The van der Waals surface area contributed by atoms with Gasteiger partial charge in [0.15, 0.2) is 5.13 Å². The number of anilines is 1. The van der Waals surface area contributed by atoms with Gasteiger partial charge in [-0.25, -0.2) is 4.98 Å². The molecule has 2 heterocycles. The number of rotatable bonds is 4. The summed E-state index contributed by atoms with van der Waals surface area (Å²) in [6, 6.07) is 0. The molecule has 1 aliphatic rings. The van der Waals surface area contributed by atoms with Crippen LogP contribution in [0, 0.1) is 0 Å². The second kappa shape index (κ2) is 6.61. The molecular weight excluding hydrogens is 307 g/mol. The fourth-order valence-corrected chi connectivity index (χ4v) is 2.97. The van der Waals surface area contributed by atoms with Gasteiger partial charge in [-0.05, 0) is 0 Å². The molecule has 1 aromatic heterocycles. The van der Waals surface area contributed by atoms with E-state index < -0.39 is 12.7 Å². The minimum absolute atomic E-state index is 0.112. The van der Waals surface area contributed by atoms with Crippen molar-refractivity contribution < 1.29 is 22.7 Å². The second-order valence-electron chi connectivity index (χ2n) is 4.75. The first-order valence-corrected chi connectivity index (χ1v) is 7.30. The number of nitrogens with zero attached hydrogens (tertiary/aromatic N) is 3. The number of methoxy groups -OCH3 is 1. The van der Waals surface area contributed by atoms with Crippen LogP contribution in [0.4, 0.5) is 18.3 Å². The minimum atomic E-state index is -4.16. The topological polar surface area (TPSA) is 45.7 Å². The summed E-state index contributed by atoms with van der Waals surface area (Å²) in [7, 11) is 1.31. The molecule has 1 saturated heterocycles. The van der Waals surface area contributed by atoms with Gasteiger partial charge < -0.3 is 9.64 Å². The number of halogens is 3. The van der Waals surface area contributed by atoms with Gasteiger partial charge in [-0.1, -0.05) is 0 Å². The number of thiazole rings is 1. The first-order valence-electron chi connectivity index (χ1n) is 6.42. The van der Waals surface area contributed by atoms with Gasteiger partial charge in [0.25, 0.3) is 0 Å². The van der Waals surface area contributed by atoms with Crippen LogP contribution in [0.15, 0.2) is 5.38 Å². The summed E-state index contributed by atoms with van der Waals surface area (Å²) in [6.45, 7) is 0.839. The van der Waals surface area contributed by atoms with Crippen molar-refractivity contribution in [3.8, 4) is 0 Å². The van der Waals surface area contributed by atoms with Crippen LogP contribution in [0.3, 0.4) is 0 Å². The summed E-state index contributed by atoms with van der Waals surface area (Å²) in [4.78, 5) is 18.8. The molecule has 0 radical (unpaired) electrons. The van der Waals surface area contributed by atoms with Crippen molar-refractivity contribution in [3.05, 3.63) is 11.1 Å². The van der Waals surface area contributed by atoms with Gasteiger partial charge in [-0.3, -0.25) is 9.69 Å². The van der Waals surface area contributed by atoms with E-state index >= 15 is 0 Å². The molecule has 1 aliphatic heterocycles. The molecule has 0 amide bonds. The number of hydrogen-bond donors (Lipinski definition) is 0. The highest BCUT2D eigenvalue weighted by Crippen LogP contribution is 2.23. The molecule has 1 fully saturated rings. The fourth-order valence-electron chi connectivity index (χ4n) is 2.09. The van der Waals surface area contributed by atoms with Crippen molar-refractivity contribution in [2.24, 2.45) is 0 Å². The Morgan fingerprint density at radius 2 is 2.05 bits per heavy atom. The van der Waals surface area contributed by atoms with Crippen LogP contribution in [-0.4, -0.2) is 61.9 Å². The second-order valence-corrected chi connectivity index (χ2v) is 5.59. The number of hydrogen-bond acceptors (Lipinski definition) is 6. The van der Waals surface area contributed by atoms with Gasteiger partial charge >= 0.3 is 12.1 Å². The Kier molecular flexibility index (Phi) is 5.04. The van der Waals surface area contributed by atoms with Crippen LogP contribution in [0.2, 0.25) is 0 Å². The highest BCUT2D eigenvalue weighted by Gasteiger charge is 2.32. The van der Waals surface area contributed by atoms with E-state index in [0.717, 1.165) is 5.13 Å². The van der Waals surface area contributed by atoms with E-state index in [0.29, 0.717) is 31.9 Å². The van der Waals surface area contributed by atoms with E-state index in [1.165, 1.54) is 23.3 Å². The van der Waals surface area contributed by atoms with Gasteiger partial charge in [-0.2, -0.15) is 13.2 Å². The predicted molar refractivity (Wildman–Crippen MR) is 72.5 cm³/mol. The van der Waals surface area contributed by atoms with E-state index in [9.17, 15) is 18.0 Å². The fraction of sp³-hybridized carbons (Fsp3) is 0.667. The quantitative estimate of drug-likeness (QED) is 0.787. The minimum Gasteiger partial charge on any atom is -0.469 e. The Labute approximate surface area is 124 Å². The van der Waals surface area contributed by atoms with E-state index in [4.69, 9.17) is 0 Å². The molecule has 0 N–H and O–H groups in total. The summed E-state index contributed by atoms with van der Waals surface area (Å²) in [6.07, 6.45) is -4.04. The Bertz CT molecular complexity index is 484. The zero-order chi connectivity index (χ0) is 15.5. The average molecular weight is 323 g/mol. The normalized spacial score (nSPS) is 17.0. The molecule has 5 nitrogen and oxygen atoms in total. The van der Waals surface area contributed by atoms with Crippen LogP contribution in [0.1, 0.15) is 5.69 Å². The zero-order valence-electron chi connectivity index (χ0n) is 11.5. The Morgan fingerprint density at radius 3 is 2.62 bits per heavy atom. The van der Waals surface area contributed by atoms with E-state index in [-0.39, 0.29) is 12.4 Å². The van der Waals surface area contributed by atoms with Crippen LogP contribution >= 0.6 is 11.3 Å². The number of carbonyl (C=O) groups excluding carboxylic acids is 1. The smallest absolute Gasteiger partial charge is 0.401 e. The molecule has 0 aliphatic carbocycles. The lowest BCUT2D eigenvalue weighted by Crippen LogP contribution is -2.49. The van der Waals surface area contributed by atoms with Crippen molar-refractivity contribution in [2.45, 2.75) is 12.6 Å². The number of aromatic nitrogens is 1. The van der Waals surface area contributed by atoms with Crippen LogP contribution in [0.5, 0.6) is 0 Å². The van der Waals surface area contributed by atoms with Crippen molar-refractivity contribution >= 4 is 22.4 Å². The summed E-state index contributed by atoms with van der Waals surface area (Å²) in [5.41, 5.74) is 0.625. The van der Waals surface area contributed by atoms with Crippen LogP contribution in [0.25, 0.3) is 0 Å². The number of alkyl halides is 3. The van der Waals surface area contributed by atoms with Crippen LogP contribution < -0.4 is 4.90 Å². The average Bonchev–Trinajstić information content (AvgIpc) is 2.86. The molecule has 118 valence electrons. The monoisotopic (exact) mass is 323 g/mol. The maximum absolute atomic E-state index is 12.3. The first kappa shape index (κ1) is 16.0. The third kappa shape index (κ3) is 4.85. The zero-order valence-corrected chi connectivity index (χ0v) is 12.3. The Balaban J connectivity index is 1.86. The summed E-state index contributed by atoms with van der Waals surface area (Å²) < 4.78 is 41.5. The number of esters is 1. The van der Waals surface area contributed by atoms with E-state index in [1.54, 1.807) is 5.38 Å². The molecule has 0 bridgehead atoms. The predicted octanol–water partition coefficient (Wildman–Crippen LogP) is 1.54. The molecule has 1 aromatic rings. The number of carbonyl (C=O) groups is 1. The maximum Gasteiger partial charge on any atom is 0.401 e. The van der Waals surface area contributed by atoms with Crippen molar-refractivity contribution in [2.75, 3.05) is 44.7 Å². The van der Waals surface area contributed by atoms with Crippen molar-refractivity contribution in [1.29, 1.82) is 0 Å². The van der Waals surface area contributed by atoms with Gasteiger partial charge in [0.2, 0.25) is 0 Å². The third-order valence-electron chi connectivity index (χ3n) is 3.14. The van der Waals surface area contributed by atoms with Crippen LogP contribution in [-0.2, 0) is 16.0 Å². The van der Waals surface area contributed by atoms with Crippen molar-refractivity contribution in [3.63, 3.8) is 0 Å². The molecule has 0 saturated carbocycles. The molecule has 2 rings (SSSR count). The molecule has 9 heteroatoms. The molecule has 21 heavy (non-hydrogen) atoms. The SMILES string of the molecule is COC(=O)Cc1csc(N2CCN(CC(F)(F)F)CC2)n1. The largest absolute Gasteiger partial charge is 0.469 e. The lowest BCUT2D eigenvalue weighted by atomic mass is 10.3. The van der Waals surface area contributed by atoms with E-state index in [2.05, 4.69) is 9.72 Å². The van der Waals surface area contributed by atoms with Crippen molar-refractivity contribution in [1.82, 2.24) is 9.88 Å². The molecule has 0 spiro atoms. The summed E-state index contributed by atoms with van der Waals surface area (Å²) in [5, 5.41) is 2.51. The van der Waals surface area contributed by atoms with E-state index in [1.807, 2.05) is 4.90 Å². The maximum atomic E-state index is 12.3. The van der Waals surface area contributed by atoms with Gasteiger partial charge in [0.1, 0.15) is 0 Å². The van der Waals surface area contributed by atoms with Gasteiger partial charge in [-0.15, -0.1) is 11.3 Å². The molecule has 0 atom stereocenters. The number of ether oxygens (including phenoxy) is 1. The van der Waals surface area contributed by atoms with Gasteiger partial charge in [0, 0.05) is 31.6 Å². The van der Waals surface area contributed by atoms with Gasteiger partial charge in [0.05, 0.1) is 25.8 Å². The molecule has 0 aromatic carbocycles. The first-order chi connectivity index (χ1) is 9.87. The highest BCUT2D eigenvalue weighted by atomic mass is 32.1. The lowest BCUT2D eigenvalue weighted by molar-refractivity contribution is -0.146. The molecular formula is C12H16F3N3O2S. The molecule has 0 unspecified atom stereocenters. The number of piperazine rings is 1. The summed E-state index contributed by atoms with van der Waals surface area (Å²) >= 11 is 1.39. The summed E-state index contributed by atoms with van der Waals surface area (Å²) in [5.74, 6) is -0.359. The third-order valence-corrected chi connectivity index (χ3v) is 4.09. The standard InChI is InChI=1S/C12H16F3N3O2S/c1-20-10(19)6-9-7-21-11(16-9)18-4-2-17(3-5-18)8-12(13,14)15/h7H,2-6,8H2,1H3.